The van der Waals surface area contributed by atoms with Crippen molar-refractivity contribution < 1.29 is 9.53 Å². The third-order valence-electron chi connectivity index (χ3n) is 4.21. The number of fused-ring (bicyclic) bond motifs is 1. The largest absolute Gasteiger partial charge is 0.490 e. The summed E-state index contributed by atoms with van der Waals surface area (Å²) in [5, 5.41) is 0. The quantitative estimate of drug-likeness (QED) is 0.730. The lowest BCUT2D eigenvalue weighted by Crippen LogP contribution is -2.29. The Hall–Kier alpha value is -1.31. The van der Waals surface area contributed by atoms with Gasteiger partial charge in [0.1, 0.15) is 18.1 Å². The standard InChI is InChI=1S/C15H18O2/c16-10-11-5-7-12(8-6-11)15-9-13-3-1-2-4-14(13)17-15/h1-4,10-12,15H,5-9H2. The third-order valence-corrected chi connectivity index (χ3v) is 4.21. The molecule has 2 heteroatoms. The molecule has 0 spiro atoms. The van der Waals surface area contributed by atoms with Crippen molar-refractivity contribution in [3.63, 3.8) is 0 Å². The van der Waals surface area contributed by atoms with Crippen LogP contribution in [0, 0.1) is 11.8 Å². The smallest absolute Gasteiger partial charge is 0.123 e. The Labute approximate surface area is 102 Å². The van der Waals surface area contributed by atoms with E-state index < -0.39 is 0 Å². The summed E-state index contributed by atoms with van der Waals surface area (Å²) in [6.45, 7) is 0. The van der Waals surface area contributed by atoms with Crippen LogP contribution in [0.15, 0.2) is 24.3 Å². The van der Waals surface area contributed by atoms with Crippen LogP contribution in [0.5, 0.6) is 5.75 Å². The van der Waals surface area contributed by atoms with Crippen LogP contribution >= 0.6 is 0 Å². The summed E-state index contributed by atoms with van der Waals surface area (Å²) in [4.78, 5) is 10.7. The number of hydrogen-bond donors (Lipinski definition) is 0. The predicted octanol–water partition coefficient (Wildman–Crippen LogP) is 3.00. The fraction of sp³-hybridized carbons (Fsp3) is 0.533. The van der Waals surface area contributed by atoms with E-state index in [9.17, 15) is 4.79 Å². The molecule has 1 aliphatic heterocycles. The van der Waals surface area contributed by atoms with Gasteiger partial charge in [-0.1, -0.05) is 18.2 Å². The molecule has 0 radical (unpaired) electrons. The van der Waals surface area contributed by atoms with Crippen molar-refractivity contribution in [2.75, 3.05) is 0 Å². The molecular weight excluding hydrogens is 212 g/mol. The van der Waals surface area contributed by atoms with Gasteiger partial charge in [0.25, 0.3) is 0 Å². The van der Waals surface area contributed by atoms with Gasteiger partial charge in [0.15, 0.2) is 0 Å². The number of aldehydes is 1. The molecule has 1 unspecified atom stereocenters. The Kier molecular flexibility index (Phi) is 2.87. The lowest BCUT2D eigenvalue weighted by Gasteiger charge is -2.29. The molecule has 3 rings (SSSR count). The predicted molar refractivity (Wildman–Crippen MR) is 66.1 cm³/mol. The second-order valence-corrected chi connectivity index (χ2v) is 5.28. The highest BCUT2D eigenvalue weighted by molar-refractivity contribution is 5.53. The maximum absolute atomic E-state index is 10.7. The molecule has 1 atom stereocenters. The number of benzene rings is 1. The Morgan fingerprint density at radius 1 is 1.12 bits per heavy atom. The highest BCUT2D eigenvalue weighted by Gasteiger charge is 2.32. The first-order chi connectivity index (χ1) is 8.36. The van der Waals surface area contributed by atoms with E-state index in [2.05, 4.69) is 18.2 Å². The first kappa shape index (κ1) is 10.8. The first-order valence-corrected chi connectivity index (χ1v) is 6.56. The zero-order chi connectivity index (χ0) is 11.7. The molecule has 90 valence electrons. The topological polar surface area (TPSA) is 26.3 Å². The van der Waals surface area contributed by atoms with Gasteiger partial charge in [0.2, 0.25) is 0 Å². The third kappa shape index (κ3) is 2.08. The van der Waals surface area contributed by atoms with Crippen LogP contribution in [0.3, 0.4) is 0 Å². The number of carbonyl (C=O) groups excluding carboxylic acids is 1. The molecule has 1 aromatic carbocycles. The van der Waals surface area contributed by atoms with E-state index >= 15 is 0 Å². The van der Waals surface area contributed by atoms with Crippen molar-refractivity contribution in [1.29, 1.82) is 0 Å². The Bertz CT molecular complexity index is 380. The summed E-state index contributed by atoms with van der Waals surface area (Å²) in [5.74, 6) is 2.00. The number of rotatable bonds is 2. The molecule has 0 bridgehead atoms. The monoisotopic (exact) mass is 230 g/mol. The van der Waals surface area contributed by atoms with Crippen LogP contribution in [0.4, 0.5) is 0 Å². The second-order valence-electron chi connectivity index (χ2n) is 5.28. The molecular formula is C15H18O2. The summed E-state index contributed by atoms with van der Waals surface area (Å²) in [7, 11) is 0. The average Bonchev–Trinajstić information content (AvgIpc) is 2.82. The Morgan fingerprint density at radius 3 is 2.59 bits per heavy atom. The molecule has 1 saturated carbocycles. The minimum absolute atomic E-state index is 0.301. The van der Waals surface area contributed by atoms with Gasteiger partial charge in [-0.3, -0.25) is 0 Å². The van der Waals surface area contributed by atoms with Crippen molar-refractivity contribution in [2.45, 2.75) is 38.2 Å². The van der Waals surface area contributed by atoms with Gasteiger partial charge in [-0.25, -0.2) is 0 Å². The first-order valence-electron chi connectivity index (χ1n) is 6.56. The molecule has 0 N–H and O–H groups in total. The Balaban J connectivity index is 1.64. The van der Waals surface area contributed by atoms with Crippen molar-refractivity contribution in [3.8, 4) is 5.75 Å². The van der Waals surface area contributed by atoms with Crippen LogP contribution in [-0.4, -0.2) is 12.4 Å². The van der Waals surface area contributed by atoms with Gasteiger partial charge in [-0.15, -0.1) is 0 Å². The molecule has 2 aliphatic rings. The van der Waals surface area contributed by atoms with Gasteiger partial charge in [0.05, 0.1) is 0 Å². The SMILES string of the molecule is O=CC1CCC(C2Cc3ccccc3O2)CC1. The van der Waals surface area contributed by atoms with Gasteiger partial charge < -0.3 is 9.53 Å². The van der Waals surface area contributed by atoms with Crippen molar-refractivity contribution in [2.24, 2.45) is 11.8 Å². The molecule has 1 aliphatic carbocycles. The van der Waals surface area contributed by atoms with Crippen molar-refractivity contribution >= 4 is 6.29 Å². The summed E-state index contributed by atoms with van der Waals surface area (Å²) in [6, 6.07) is 8.33. The van der Waals surface area contributed by atoms with E-state index in [4.69, 9.17) is 4.74 Å². The minimum Gasteiger partial charge on any atom is -0.490 e. The summed E-state index contributed by atoms with van der Waals surface area (Å²) < 4.78 is 6.03. The van der Waals surface area contributed by atoms with E-state index in [0.29, 0.717) is 17.9 Å². The second kappa shape index (κ2) is 4.52. The van der Waals surface area contributed by atoms with Crippen molar-refractivity contribution in [3.05, 3.63) is 29.8 Å². The zero-order valence-corrected chi connectivity index (χ0v) is 9.97. The molecule has 1 aromatic rings. The van der Waals surface area contributed by atoms with E-state index in [-0.39, 0.29) is 0 Å². The fourth-order valence-electron chi connectivity index (χ4n) is 3.12. The number of ether oxygens (including phenoxy) is 1. The van der Waals surface area contributed by atoms with Crippen LogP contribution in [0.1, 0.15) is 31.2 Å². The van der Waals surface area contributed by atoms with Gasteiger partial charge in [-0.05, 0) is 43.2 Å². The van der Waals surface area contributed by atoms with Crippen LogP contribution in [0.2, 0.25) is 0 Å². The van der Waals surface area contributed by atoms with Gasteiger partial charge in [-0.2, -0.15) is 0 Å². The minimum atomic E-state index is 0.301. The molecule has 0 amide bonds. The summed E-state index contributed by atoms with van der Waals surface area (Å²) in [5.41, 5.74) is 1.34. The van der Waals surface area contributed by atoms with E-state index in [0.717, 1.165) is 44.1 Å². The molecule has 1 heterocycles. The average molecular weight is 230 g/mol. The molecule has 0 aromatic heterocycles. The van der Waals surface area contributed by atoms with Crippen LogP contribution in [0.25, 0.3) is 0 Å². The van der Waals surface area contributed by atoms with Gasteiger partial charge in [0, 0.05) is 12.3 Å². The van der Waals surface area contributed by atoms with E-state index in [1.165, 1.54) is 5.56 Å². The summed E-state index contributed by atoms with van der Waals surface area (Å²) >= 11 is 0. The Morgan fingerprint density at radius 2 is 1.88 bits per heavy atom. The highest BCUT2D eigenvalue weighted by Crippen LogP contribution is 2.37. The van der Waals surface area contributed by atoms with Crippen molar-refractivity contribution in [1.82, 2.24) is 0 Å². The number of hydrogen-bond acceptors (Lipinski definition) is 2. The normalized spacial score (nSPS) is 31.6. The molecule has 2 nitrogen and oxygen atoms in total. The lowest BCUT2D eigenvalue weighted by atomic mass is 9.79. The van der Waals surface area contributed by atoms with Gasteiger partial charge >= 0.3 is 0 Å². The zero-order valence-electron chi connectivity index (χ0n) is 9.97. The molecule has 0 saturated heterocycles. The maximum Gasteiger partial charge on any atom is 0.123 e. The van der Waals surface area contributed by atoms with E-state index in [1.54, 1.807) is 0 Å². The summed E-state index contributed by atoms with van der Waals surface area (Å²) in [6.07, 6.45) is 6.89. The molecule has 17 heavy (non-hydrogen) atoms. The number of carbonyl (C=O) groups is 1. The molecule has 1 fully saturated rings. The lowest BCUT2D eigenvalue weighted by molar-refractivity contribution is -0.112. The highest BCUT2D eigenvalue weighted by atomic mass is 16.5. The van der Waals surface area contributed by atoms with Crippen LogP contribution in [-0.2, 0) is 11.2 Å². The van der Waals surface area contributed by atoms with E-state index in [1.807, 2.05) is 6.07 Å². The number of para-hydroxylation sites is 1. The maximum atomic E-state index is 10.7. The van der Waals surface area contributed by atoms with Crippen LogP contribution < -0.4 is 4.74 Å². The fourth-order valence-corrected chi connectivity index (χ4v) is 3.12.